The molecule has 3 rings (SSSR count). The lowest BCUT2D eigenvalue weighted by Crippen LogP contribution is -2.42. The number of carbonyl (C=O) groups is 2. The van der Waals surface area contributed by atoms with Crippen molar-refractivity contribution in [2.24, 2.45) is 0 Å². The Hall–Kier alpha value is -2.48. The number of sulfone groups is 1. The summed E-state index contributed by atoms with van der Waals surface area (Å²) in [7, 11) is -1.28. The molecule has 144 valence electrons. The molecule has 0 aliphatic carbocycles. The van der Waals surface area contributed by atoms with E-state index in [1.54, 1.807) is 28.9 Å². The topological polar surface area (TPSA) is 89.3 Å². The fraction of sp³-hybridized carbons (Fsp3) is 0.421. The molecule has 1 aliphatic heterocycles. The molecule has 0 spiro atoms. The molecular formula is C19H23N3O4S. The van der Waals surface area contributed by atoms with Crippen LogP contribution in [0.25, 0.3) is 5.69 Å². The molecule has 8 heteroatoms. The number of aromatic nitrogens is 2. The number of rotatable bonds is 6. The molecule has 2 aromatic rings. The average molecular weight is 389 g/mol. The smallest absolute Gasteiger partial charge is 0.223 e. The Balaban J connectivity index is 1.58. The number of benzene rings is 1. The second-order valence-electron chi connectivity index (χ2n) is 6.77. The maximum Gasteiger partial charge on any atom is 0.223 e. The number of hydrogen-bond acceptors (Lipinski definition) is 5. The molecule has 0 atom stereocenters. The van der Waals surface area contributed by atoms with E-state index in [-0.39, 0.29) is 42.1 Å². The van der Waals surface area contributed by atoms with Crippen LogP contribution in [0.4, 0.5) is 0 Å². The Kier molecular flexibility index (Phi) is 5.74. The van der Waals surface area contributed by atoms with Crippen molar-refractivity contribution in [2.75, 3.05) is 18.6 Å². The monoisotopic (exact) mass is 389 g/mol. The molecule has 0 unspecified atom stereocenters. The van der Waals surface area contributed by atoms with Crippen LogP contribution in [-0.2, 0) is 14.6 Å². The largest absolute Gasteiger partial charge is 0.343 e. The highest BCUT2D eigenvalue weighted by atomic mass is 32.2. The molecule has 7 nitrogen and oxygen atoms in total. The van der Waals surface area contributed by atoms with Gasteiger partial charge in [-0.2, -0.15) is 5.10 Å². The van der Waals surface area contributed by atoms with Crippen molar-refractivity contribution in [1.82, 2.24) is 14.7 Å². The highest BCUT2D eigenvalue weighted by Gasteiger charge is 2.28. The van der Waals surface area contributed by atoms with E-state index < -0.39 is 9.84 Å². The zero-order valence-electron chi connectivity index (χ0n) is 15.2. The lowest BCUT2D eigenvalue weighted by atomic mass is 10.1. The van der Waals surface area contributed by atoms with Gasteiger partial charge in [-0.1, -0.05) is 18.2 Å². The van der Waals surface area contributed by atoms with Crippen LogP contribution in [0.2, 0.25) is 0 Å². The number of carbonyl (C=O) groups excluding carboxylic acids is 2. The van der Waals surface area contributed by atoms with Gasteiger partial charge in [0.15, 0.2) is 5.78 Å². The van der Waals surface area contributed by atoms with Crippen LogP contribution >= 0.6 is 0 Å². The van der Waals surface area contributed by atoms with Crippen molar-refractivity contribution in [1.29, 1.82) is 0 Å². The Morgan fingerprint density at radius 1 is 1.11 bits per heavy atom. The van der Waals surface area contributed by atoms with Gasteiger partial charge in [0.25, 0.3) is 0 Å². The molecule has 1 amide bonds. The van der Waals surface area contributed by atoms with Crippen LogP contribution in [0.5, 0.6) is 0 Å². The van der Waals surface area contributed by atoms with Gasteiger partial charge in [0.1, 0.15) is 15.5 Å². The molecule has 0 N–H and O–H groups in total. The van der Waals surface area contributed by atoms with Gasteiger partial charge in [0.2, 0.25) is 5.91 Å². The number of Topliss-reactive ketones (excluding diaryl/α,β-unsaturated/α-hetero) is 1. The molecule has 1 saturated heterocycles. The van der Waals surface area contributed by atoms with Gasteiger partial charge in [-0.15, -0.1) is 0 Å². The number of nitrogens with zero attached hydrogens (tertiary/aromatic N) is 3. The first-order chi connectivity index (χ1) is 12.9. The molecule has 1 aliphatic rings. The van der Waals surface area contributed by atoms with Gasteiger partial charge in [-0.3, -0.25) is 9.59 Å². The van der Waals surface area contributed by atoms with Crippen molar-refractivity contribution in [3.05, 3.63) is 48.3 Å². The third-order valence-corrected chi connectivity index (χ3v) is 6.68. The van der Waals surface area contributed by atoms with E-state index in [0.717, 1.165) is 5.69 Å². The van der Waals surface area contributed by atoms with Crippen LogP contribution in [-0.4, -0.2) is 59.4 Å². The quantitative estimate of drug-likeness (QED) is 0.704. The van der Waals surface area contributed by atoms with Crippen molar-refractivity contribution < 1.29 is 18.0 Å². The number of amides is 1. The molecular weight excluding hydrogens is 366 g/mol. The normalized spacial score (nSPS) is 16.8. The van der Waals surface area contributed by atoms with E-state index in [1.807, 2.05) is 30.3 Å². The van der Waals surface area contributed by atoms with Gasteiger partial charge in [-0.25, -0.2) is 13.1 Å². The van der Waals surface area contributed by atoms with Crippen LogP contribution < -0.4 is 0 Å². The molecule has 1 aromatic heterocycles. The Morgan fingerprint density at radius 2 is 1.78 bits per heavy atom. The number of ketones is 1. The summed E-state index contributed by atoms with van der Waals surface area (Å²) in [4.78, 5) is 26.6. The lowest BCUT2D eigenvalue weighted by molar-refractivity contribution is -0.132. The summed E-state index contributed by atoms with van der Waals surface area (Å²) in [5, 5.41) is 4.20. The van der Waals surface area contributed by atoms with Gasteiger partial charge in [-0.05, 0) is 31.0 Å². The number of hydrogen-bond donors (Lipinski definition) is 0. The van der Waals surface area contributed by atoms with E-state index in [9.17, 15) is 18.0 Å². The molecule has 0 radical (unpaired) electrons. The lowest BCUT2D eigenvalue weighted by Gasteiger charge is -2.31. The van der Waals surface area contributed by atoms with Crippen molar-refractivity contribution >= 4 is 21.5 Å². The molecule has 1 aromatic carbocycles. The fourth-order valence-corrected chi connectivity index (χ4v) is 4.75. The first kappa shape index (κ1) is 19.3. The summed E-state index contributed by atoms with van der Waals surface area (Å²) in [6.45, 7) is 0. The molecule has 2 heterocycles. The zero-order valence-corrected chi connectivity index (χ0v) is 16.1. The molecule has 1 fully saturated rings. The minimum Gasteiger partial charge on any atom is -0.343 e. The summed E-state index contributed by atoms with van der Waals surface area (Å²) in [5.41, 5.74) is 1.23. The zero-order chi connectivity index (χ0) is 19.4. The van der Waals surface area contributed by atoms with E-state index in [0.29, 0.717) is 18.5 Å². The summed E-state index contributed by atoms with van der Waals surface area (Å²) in [6.07, 6.45) is 2.67. The minimum absolute atomic E-state index is 0.0778. The standard InChI is InChI=1S/C19H23N3O4S/c1-21(15-10-13-27(25,26)14-11-15)19(24)8-7-18(23)17-9-12-20-22(17)16-5-3-2-4-6-16/h2-6,9,12,15H,7-8,10-11,13-14H2,1H3. The van der Waals surface area contributed by atoms with E-state index in [2.05, 4.69) is 5.10 Å². The highest BCUT2D eigenvalue weighted by Crippen LogP contribution is 2.19. The van der Waals surface area contributed by atoms with Crippen molar-refractivity contribution in [2.45, 2.75) is 31.7 Å². The fourth-order valence-electron chi connectivity index (χ4n) is 3.28. The summed E-state index contributed by atoms with van der Waals surface area (Å²) >= 11 is 0. The molecule has 0 bridgehead atoms. The number of para-hydroxylation sites is 1. The SMILES string of the molecule is CN(C(=O)CCC(=O)c1ccnn1-c1ccccc1)C1CCS(=O)(=O)CC1. The van der Waals surface area contributed by atoms with Crippen molar-refractivity contribution in [3.8, 4) is 5.69 Å². The third kappa shape index (κ3) is 4.63. The summed E-state index contributed by atoms with van der Waals surface area (Å²) in [5.74, 6) is -0.0580. The van der Waals surface area contributed by atoms with E-state index in [1.165, 1.54) is 0 Å². The maximum absolute atomic E-state index is 12.6. The predicted octanol–water partition coefficient (Wildman–Crippen LogP) is 1.87. The molecule has 0 saturated carbocycles. The third-order valence-electron chi connectivity index (χ3n) is 4.96. The Labute approximate surface area is 158 Å². The second-order valence-corrected chi connectivity index (χ2v) is 9.08. The minimum atomic E-state index is -2.96. The first-order valence-corrected chi connectivity index (χ1v) is 10.8. The van der Waals surface area contributed by atoms with Crippen LogP contribution in [0.15, 0.2) is 42.6 Å². The van der Waals surface area contributed by atoms with Gasteiger partial charge >= 0.3 is 0 Å². The van der Waals surface area contributed by atoms with Crippen LogP contribution in [0.3, 0.4) is 0 Å². The van der Waals surface area contributed by atoms with Crippen molar-refractivity contribution in [3.63, 3.8) is 0 Å². The predicted molar refractivity (Wildman–Crippen MR) is 102 cm³/mol. The average Bonchev–Trinajstić information content (AvgIpc) is 3.16. The summed E-state index contributed by atoms with van der Waals surface area (Å²) < 4.78 is 24.6. The molecule has 27 heavy (non-hydrogen) atoms. The Morgan fingerprint density at radius 3 is 2.44 bits per heavy atom. The first-order valence-electron chi connectivity index (χ1n) is 8.96. The second kappa shape index (κ2) is 8.04. The van der Waals surface area contributed by atoms with Crippen LogP contribution in [0, 0.1) is 0 Å². The van der Waals surface area contributed by atoms with E-state index in [4.69, 9.17) is 0 Å². The highest BCUT2D eigenvalue weighted by molar-refractivity contribution is 7.91. The van der Waals surface area contributed by atoms with Gasteiger partial charge in [0.05, 0.1) is 23.4 Å². The Bertz CT molecular complexity index is 907. The summed E-state index contributed by atoms with van der Waals surface area (Å²) in [6, 6.07) is 10.9. The maximum atomic E-state index is 12.6. The van der Waals surface area contributed by atoms with Gasteiger partial charge < -0.3 is 4.90 Å². The van der Waals surface area contributed by atoms with Crippen LogP contribution in [0.1, 0.15) is 36.2 Å². The van der Waals surface area contributed by atoms with Gasteiger partial charge in [0, 0.05) is 25.9 Å². The van der Waals surface area contributed by atoms with E-state index >= 15 is 0 Å².